The van der Waals surface area contributed by atoms with E-state index in [1.54, 1.807) is 0 Å². The molecule has 10 heavy (non-hydrogen) atoms. The maximum absolute atomic E-state index is 5.32. The molecule has 1 rings (SSSR count). The van der Waals surface area contributed by atoms with Gasteiger partial charge in [-0.05, 0) is 30.3 Å². The molecular weight excluding hydrogens is 142 g/mol. The quantitative estimate of drug-likeness (QED) is 0.630. The van der Waals surface area contributed by atoms with Crippen LogP contribution in [-0.4, -0.2) is 18.1 Å². The molecule has 1 heterocycles. The third-order valence-electron chi connectivity index (χ3n) is 1.80. The lowest BCUT2D eigenvalue weighted by atomic mass is 10.1. The lowest BCUT2D eigenvalue weighted by molar-refractivity contribution is 0.608. The van der Waals surface area contributed by atoms with Crippen molar-refractivity contribution in [3.63, 3.8) is 0 Å². The topological polar surface area (TPSA) is 26.0 Å². The number of hydrogen-bond donors (Lipinski definition) is 1. The van der Waals surface area contributed by atoms with E-state index in [9.17, 15) is 0 Å². The minimum Gasteiger partial charge on any atom is -0.327 e. The molecule has 0 aromatic heterocycles. The third-order valence-corrected chi connectivity index (χ3v) is 3.03. The Kier molecular flexibility index (Phi) is 3.91. The minimum absolute atomic E-state index is 0.694. The first-order valence-electron chi connectivity index (χ1n) is 3.86. The average molecular weight is 157 g/mol. The predicted octanol–water partition coefficient (Wildman–Crippen LogP) is 1.64. The van der Waals surface area contributed by atoms with Crippen molar-refractivity contribution in [1.82, 2.24) is 0 Å². The molecule has 0 aromatic carbocycles. The van der Waals surface area contributed by atoms with E-state index < -0.39 is 0 Å². The summed E-state index contributed by atoms with van der Waals surface area (Å²) in [5.41, 5.74) is 5.32. The van der Waals surface area contributed by atoms with E-state index in [0.717, 1.165) is 5.92 Å². The first-order valence-corrected chi connectivity index (χ1v) is 5.01. The highest BCUT2D eigenvalue weighted by molar-refractivity contribution is 7.99. The number of rotatable bonds is 3. The minimum atomic E-state index is 0.694. The Hall–Kier alpha value is 0.0500. The zero-order valence-electron chi connectivity index (χ0n) is 6.25. The van der Waals surface area contributed by atoms with Crippen LogP contribution in [0.15, 0.2) is 12.2 Å². The molecule has 0 amide bonds. The second kappa shape index (κ2) is 4.80. The van der Waals surface area contributed by atoms with Crippen LogP contribution in [0.25, 0.3) is 0 Å². The van der Waals surface area contributed by atoms with Crippen LogP contribution < -0.4 is 5.73 Å². The molecular formula is C8H15NS. The van der Waals surface area contributed by atoms with Crippen molar-refractivity contribution in [1.29, 1.82) is 0 Å². The van der Waals surface area contributed by atoms with Gasteiger partial charge in [-0.1, -0.05) is 12.2 Å². The van der Waals surface area contributed by atoms with Gasteiger partial charge in [-0.25, -0.2) is 0 Å². The van der Waals surface area contributed by atoms with Crippen molar-refractivity contribution in [2.24, 2.45) is 11.7 Å². The molecule has 0 saturated carbocycles. The molecule has 0 aromatic rings. The molecule has 1 atom stereocenters. The van der Waals surface area contributed by atoms with Gasteiger partial charge in [0.1, 0.15) is 0 Å². The van der Waals surface area contributed by atoms with Gasteiger partial charge in [0.05, 0.1) is 0 Å². The van der Waals surface area contributed by atoms with Crippen LogP contribution in [0.1, 0.15) is 12.8 Å². The van der Waals surface area contributed by atoms with Gasteiger partial charge in [0.2, 0.25) is 0 Å². The van der Waals surface area contributed by atoms with E-state index in [1.807, 2.05) is 0 Å². The lowest BCUT2D eigenvalue weighted by Crippen LogP contribution is -1.96. The maximum atomic E-state index is 5.32. The number of nitrogens with two attached hydrogens (primary N) is 1. The Morgan fingerprint density at radius 2 is 2.40 bits per heavy atom. The van der Waals surface area contributed by atoms with Gasteiger partial charge < -0.3 is 5.73 Å². The van der Waals surface area contributed by atoms with Crippen molar-refractivity contribution in [2.75, 3.05) is 18.1 Å². The van der Waals surface area contributed by atoms with Gasteiger partial charge in [0, 0.05) is 6.54 Å². The summed E-state index contributed by atoms with van der Waals surface area (Å²) >= 11 is 2.08. The lowest BCUT2D eigenvalue weighted by Gasteiger charge is -2.01. The summed E-state index contributed by atoms with van der Waals surface area (Å²) < 4.78 is 0. The highest BCUT2D eigenvalue weighted by atomic mass is 32.2. The van der Waals surface area contributed by atoms with Gasteiger partial charge in [-0.15, -0.1) is 0 Å². The third kappa shape index (κ3) is 2.76. The second-order valence-corrected chi connectivity index (χ2v) is 3.82. The summed E-state index contributed by atoms with van der Waals surface area (Å²) in [5, 5.41) is 0. The predicted molar refractivity (Wildman–Crippen MR) is 48.2 cm³/mol. The standard InChI is InChI=1S/C8H15NS/c9-5-2-1-3-8-4-6-10-7-8/h1-2,8H,3-7,9H2/b2-1-. The Labute approximate surface area is 67.1 Å². The smallest absolute Gasteiger partial charge is 0.0106 e. The molecule has 1 aliphatic heterocycles. The molecule has 58 valence electrons. The summed E-state index contributed by atoms with van der Waals surface area (Å²) in [6.45, 7) is 0.694. The first-order chi connectivity index (χ1) is 4.93. The number of hydrogen-bond acceptors (Lipinski definition) is 2. The first kappa shape index (κ1) is 8.15. The van der Waals surface area contributed by atoms with E-state index in [2.05, 4.69) is 23.9 Å². The molecule has 1 saturated heterocycles. The summed E-state index contributed by atoms with van der Waals surface area (Å²) in [4.78, 5) is 0. The van der Waals surface area contributed by atoms with E-state index in [-0.39, 0.29) is 0 Å². The largest absolute Gasteiger partial charge is 0.327 e. The zero-order valence-corrected chi connectivity index (χ0v) is 7.07. The van der Waals surface area contributed by atoms with Crippen LogP contribution in [0.2, 0.25) is 0 Å². The SMILES string of the molecule is NC/C=C\CC1CCSC1. The van der Waals surface area contributed by atoms with Crippen molar-refractivity contribution in [3.05, 3.63) is 12.2 Å². The summed E-state index contributed by atoms with van der Waals surface area (Å²) in [5.74, 6) is 3.66. The second-order valence-electron chi connectivity index (χ2n) is 2.67. The fourth-order valence-corrected chi connectivity index (χ4v) is 2.46. The van der Waals surface area contributed by atoms with Crippen LogP contribution >= 0.6 is 11.8 Å². The molecule has 2 heteroatoms. The van der Waals surface area contributed by atoms with Crippen LogP contribution in [0.4, 0.5) is 0 Å². The highest BCUT2D eigenvalue weighted by Crippen LogP contribution is 2.25. The summed E-state index contributed by atoms with van der Waals surface area (Å²) in [6, 6.07) is 0. The summed E-state index contributed by atoms with van der Waals surface area (Å²) in [7, 11) is 0. The molecule has 0 radical (unpaired) electrons. The average Bonchev–Trinajstić information content (AvgIpc) is 2.41. The number of thioether (sulfide) groups is 1. The van der Waals surface area contributed by atoms with Gasteiger partial charge in [0.25, 0.3) is 0 Å². The van der Waals surface area contributed by atoms with Crippen LogP contribution in [0.3, 0.4) is 0 Å². The van der Waals surface area contributed by atoms with Gasteiger partial charge in [-0.2, -0.15) is 11.8 Å². The Morgan fingerprint density at radius 1 is 1.50 bits per heavy atom. The molecule has 0 spiro atoms. The highest BCUT2D eigenvalue weighted by Gasteiger charge is 2.12. The normalized spacial score (nSPS) is 26.3. The van der Waals surface area contributed by atoms with E-state index in [0.29, 0.717) is 6.54 Å². The van der Waals surface area contributed by atoms with Gasteiger partial charge in [0.15, 0.2) is 0 Å². The van der Waals surface area contributed by atoms with Crippen LogP contribution in [0, 0.1) is 5.92 Å². The van der Waals surface area contributed by atoms with Crippen molar-refractivity contribution in [2.45, 2.75) is 12.8 Å². The zero-order chi connectivity index (χ0) is 7.23. The molecule has 0 bridgehead atoms. The van der Waals surface area contributed by atoms with E-state index >= 15 is 0 Å². The Morgan fingerprint density at radius 3 is 3.00 bits per heavy atom. The van der Waals surface area contributed by atoms with Crippen molar-refractivity contribution < 1.29 is 0 Å². The Bertz CT molecular complexity index is 106. The molecule has 1 nitrogen and oxygen atoms in total. The molecule has 0 aliphatic carbocycles. The molecule has 1 aliphatic rings. The van der Waals surface area contributed by atoms with Gasteiger partial charge in [-0.3, -0.25) is 0 Å². The fraction of sp³-hybridized carbons (Fsp3) is 0.750. The molecule has 1 fully saturated rings. The van der Waals surface area contributed by atoms with Crippen LogP contribution in [-0.2, 0) is 0 Å². The molecule has 1 unspecified atom stereocenters. The fourth-order valence-electron chi connectivity index (χ4n) is 1.15. The van der Waals surface area contributed by atoms with E-state index in [4.69, 9.17) is 5.73 Å². The maximum Gasteiger partial charge on any atom is 0.0106 e. The van der Waals surface area contributed by atoms with E-state index in [1.165, 1.54) is 24.3 Å². The van der Waals surface area contributed by atoms with Crippen molar-refractivity contribution >= 4 is 11.8 Å². The van der Waals surface area contributed by atoms with Crippen LogP contribution in [0.5, 0.6) is 0 Å². The van der Waals surface area contributed by atoms with Gasteiger partial charge >= 0.3 is 0 Å². The molecule has 2 N–H and O–H groups in total. The van der Waals surface area contributed by atoms with Crippen molar-refractivity contribution in [3.8, 4) is 0 Å². The monoisotopic (exact) mass is 157 g/mol. The Balaban J connectivity index is 2.06. The summed E-state index contributed by atoms with van der Waals surface area (Å²) in [6.07, 6.45) is 6.92. The number of allylic oxidation sites excluding steroid dienone is 1.